The van der Waals surface area contributed by atoms with Crippen LogP contribution >= 0.6 is 0 Å². The average molecular weight is 266 g/mol. The summed E-state index contributed by atoms with van der Waals surface area (Å²) in [5.74, 6) is 0.0578. The molecule has 1 saturated heterocycles. The number of nitrogens with zero attached hydrogens (tertiary/aromatic N) is 2. The third-order valence-corrected chi connectivity index (χ3v) is 3.75. The van der Waals surface area contributed by atoms with Crippen molar-refractivity contribution in [3.63, 3.8) is 0 Å². The van der Waals surface area contributed by atoms with E-state index in [2.05, 4.69) is 16.8 Å². The standard InChI is InChI=1S/C15H23FN2O/c1-17-8-10-18(11-9-17)7-3-4-13-5-6-15(19-2)14(16)12-13/h5-6,12H,3-4,7-11H2,1-2H3. The number of piperazine rings is 1. The fourth-order valence-corrected chi connectivity index (χ4v) is 2.44. The van der Waals surface area contributed by atoms with E-state index < -0.39 is 0 Å². The number of likely N-dealkylation sites (N-methyl/N-ethyl adjacent to an activating group) is 1. The molecular formula is C15H23FN2O. The molecule has 0 N–H and O–H groups in total. The van der Waals surface area contributed by atoms with E-state index in [0.29, 0.717) is 5.75 Å². The third-order valence-electron chi connectivity index (χ3n) is 3.75. The zero-order chi connectivity index (χ0) is 13.7. The van der Waals surface area contributed by atoms with E-state index in [1.165, 1.54) is 7.11 Å². The highest BCUT2D eigenvalue weighted by Crippen LogP contribution is 2.18. The second kappa shape index (κ2) is 6.87. The number of ether oxygens (including phenoxy) is 1. The number of hydrogen-bond donors (Lipinski definition) is 0. The summed E-state index contributed by atoms with van der Waals surface area (Å²) in [5, 5.41) is 0. The maximum Gasteiger partial charge on any atom is 0.165 e. The molecule has 0 aliphatic carbocycles. The lowest BCUT2D eigenvalue weighted by molar-refractivity contribution is 0.153. The molecule has 0 spiro atoms. The molecule has 0 atom stereocenters. The highest BCUT2D eigenvalue weighted by molar-refractivity contribution is 5.29. The molecule has 2 rings (SSSR count). The van der Waals surface area contributed by atoms with Gasteiger partial charge in [-0.05, 0) is 44.1 Å². The maximum absolute atomic E-state index is 13.5. The minimum atomic E-state index is -0.264. The Morgan fingerprint density at radius 2 is 1.95 bits per heavy atom. The van der Waals surface area contributed by atoms with Crippen molar-refractivity contribution in [2.75, 3.05) is 46.9 Å². The van der Waals surface area contributed by atoms with Gasteiger partial charge in [0.05, 0.1) is 7.11 Å². The molecule has 3 nitrogen and oxygen atoms in total. The Bertz CT molecular complexity index is 403. The van der Waals surface area contributed by atoms with Gasteiger partial charge in [0, 0.05) is 26.2 Å². The SMILES string of the molecule is COc1ccc(CCCN2CCN(C)CC2)cc1F. The molecule has 1 heterocycles. The largest absolute Gasteiger partial charge is 0.494 e. The Morgan fingerprint density at radius 3 is 2.58 bits per heavy atom. The average Bonchev–Trinajstić information content (AvgIpc) is 2.41. The first-order chi connectivity index (χ1) is 9.19. The van der Waals surface area contributed by atoms with Crippen LogP contribution in [0.5, 0.6) is 5.75 Å². The molecule has 0 bridgehead atoms. The van der Waals surface area contributed by atoms with E-state index in [1.54, 1.807) is 12.1 Å². The van der Waals surface area contributed by atoms with E-state index >= 15 is 0 Å². The van der Waals surface area contributed by atoms with Crippen LogP contribution in [0.15, 0.2) is 18.2 Å². The quantitative estimate of drug-likeness (QED) is 0.811. The van der Waals surface area contributed by atoms with Crippen molar-refractivity contribution in [2.45, 2.75) is 12.8 Å². The number of benzene rings is 1. The number of hydrogen-bond acceptors (Lipinski definition) is 3. The fraction of sp³-hybridized carbons (Fsp3) is 0.600. The zero-order valence-electron chi connectivity index (χ0n) is 11.9. The van der Waals surface area contributed by atoms with Gasteiger partial charge in [-0.25, -0.2) is 4.39 Å². The van der Waals surface area contributed by atoms with Crippen molar-refractivity contribution in [1.29, 1.82) is 0 Å². The van der Waals surface area contributed by atoms with Crippen LogP contribution in [0.2, 0.25) is 0 Å². The molecule has 1 aromatic carbocycles. The van der Waals surface area contributed by atoms with Crippen molar-refractivity contribution in [3.05, 3.63) is 29.6 Å². The summed E-state index contributed by atoms with van der Waals surface area (Å²) in [6.45, 7) is 5.69. The molecule has 0 radical (unpaired) electrons. The molecule has 0 aromatic heterocycles. The maximum atomic E-state index is 13.5. The minimum Gasteiger partial charge on any atom is -0.494 e. The van der Waals surface area contributed by atoms with E-state index in [9.17, 15) is 4.39 Å². The van der Waals surface area contributed by atoms with Crippen LogP contribution in [-0.2, 0) is 6.42 Å². The van der Waals surface area contributed by atoms with Crippen LogP contribution in [0.4, 0.5) is 4.39 Å². The van der Waals surface area contributed by atoms with Gasteiger partial charge < -0.3 is 14.5 Å². The Kier molecular flexibility index (Phi) is 5.16. The van der Waals surface area contributed by atoms with Gasteiger partial charge >= 0.3 is 0 Å². The van der Waals surface area contributed by atoms with Gasteiger partial charge in [-0.3, -0.25) is 0 Å². The minimum absolute atomic E-state index is 0.264. The summed E-state index contributed by atoms with van der Waals surface area (Å²) in [4.78, 5) is 4.84. The molecule has 1 aromatic rings. The Balaban J connectivity index is 1.75. The van der Waals surface area contributed by atoms with Crippen molar-refractivity contribution < 1.29 is 9.13 Å². The van der Waals surface area contributed by atoms with Crippen molar-refractivity contribution >= 4 is 0 Å². The van der Waals surface area contributed by atoms with Gasteiger partial charge in [0.2, 0.25) is 0 Å². The molecule has 1 aliphatic rings. The first-order valence-corrected chi connectivity index (χ1v) is 6.92. The lowest BCUT2D eigenvalue weighted by atomic mass is 10.1. The van der Waals surface area contributed by atoms with Crippen LogP contribution < -0.4 is 4.74 Å². The highest BCUT2D eigenvalue weighted by atomic mass is 19.1. The molecular weight excluding hydrogens is 243 g/mol. The van der Waals surface area contributed by atoms with E-state index in [-0.39, 0.29) is 5.82 Å². The summed E-state index contributed by atoms with van der Waals surface area (Å²) in [5.41, 5.74) is 1.05. The molecule has 0 unspecified atom stereocenters. The van der Waals surface area contributed by atoms with Crippen molar-refractivity contribution in [1.82, 2.24) is 9.80 Å². The molecule has 19 heavy (non-hydrogen) atoms. The lowest BCUT2D eigenvalue weighted by Gasteiger charge is -2.32. The number of rotatable bonds is 5. The Morgan fingerprint density at radius 1 is 1.21 bits per heavy atom. The fourth-order valence-electron chi connectivity index (χ4n) is 2.44. The second-order valence-corrected chi connectivity index (χ2v) is 5.22. The Labute approximate surface area is 115 Å². The zero-order valence-corrected chi connectivity index (χ0v) is 11.9. The molecule has 1 fully saturated rings. The van der Waals surface area contributed by atoms with Gasteiger partial charge in [-0.1, -0.05) is 6.07 Å². The normalized spacial score (nSPS) is 17.6. The third kappa shape index (κ3) is 4.18. The van der Waals surface area contributed by atoms with Crippen molar-refractivity contribution in [3.8, 4) is 5.75 Å². The number of halogens is 1. The summed E-state index contributed by atoms with van der Waals surface area (Å²) in [6, 6.07) is 5.25. The van der Waals surface area contributed by atoms with Gasteiger partial charge in [-0.15, -0.1) is 0 Å². The van der Waals surface area contributed by atoms with Crippen LogP contribution in [0.1, 0.15) is 12.0 Å². The number of methoxy groups -OCH3 is 1. The highest BCUT2D eigenvalue weighted by Gasteiger charge is 2.13. The summed E-state index contributed by atoms with van der Waals surface area (Å²) in [6.07, 6.45) is 2.00. The van der Waals surface area contributed by atoms with Gasteiger partial charge in [-0.2, -0.15) is 0 Å². The summed E-state index contributed by atoms with van der Waals surface area (Å²) >= 11 is 0. The van der Waals surface area contributed by atoms with Gasteiger partial charge in [0.15, 0.2) is 11.6 Å². The van der Waals surface area contributed by atoms with Gasteiger partial charge in [0.25, 0.3) is 0 Å². The van der Waals surface area contributed by atoms with E-state index in [1.807, 2.05) is 6.07 Å². The summed E-state index contributed by atoms with van der Waals surface area (Å²) < 4.78 is 18.5. The first-order valence-electron chi connectivity index (χ1n) is 6.92. The molecule has 0 amide bonds. The lowest BCUT2D eigenvalue weighted by Crippen LogP contribution is -2.44. The molecule has 0 saturated carbocycles. The number of aryl methyl sites for hydroxylation is 1. The smallest absolute Gasteiger partial charge is 0.165 e. The topological polar surface area (TPSA) is 15.7 Å². The van der Waals surface area contributed by atoms with Crippen molar-refractivity contribution in [2.24, 2.45) is 0 Å². The van der Waals surface area contributed by atoms with E-state index in [0.717, 1.165) is 51.1 Å². The monoisotopic (exact) mass is 266 g/mol. The predicted octanol–water partition coefficient (Wildman–Crippen LogP) is 2.01. The van der Waals surface area contributed by atoms with Crippen LogP contribution in [0.25, 0.3) is 0 Å². The molecule has 4 heteroatoms. The summed E-state index contributed by atoms with van der Waals surface area (Å²) in [7, 11) is 3.66. The second-order valence-electron chi connectivity index (χ2n) is 5.22. The molecule has 1 aliphatic heterocycles. The first kappa shape index (κ1) is 14.3. The Hall–Kier alpha value is -1.13. The predicted molar refractivity (Wildman–Crippen MR) is 75.2 cm³/mol. The molecule has 106 valence electrons. The van der Waals surface area contributed by atoms with Crippen LogP contribution in [0.3, 0.4) is 0 Å². The van der Waals surface area contributed by atoms with E-state index in [4.69, 9.17) is 4.74 Å². The van der Waals surface area contributed by atoms with Crippen LogP contribution in [0, 0.1) is 5.82 Å². The van der Waals surface area contributed by atoms with Gasteiger partial charge in [0.1, 0.15) is 0 Å². The van der Waals surface area contributed by atoms with Crippen LogP contribution in [-0.4, -0.2) is 56.7 Å².